The molecule has 1 unspecified atom stereocenters. The van der Waals surface area contributed by atoms with Crippen LogP contribution in [0.1, 0.15) is 31.4 Å². The van der Waals surface area contributed by atoms with Gasteiger partial charge in [0.1, 0.15) is 0 Å². The summed E-state index contributed by atoms with van der Waals surface area (Å²) >= 11 is 3.39. The van der Waals surface area contributed by atoms with E-state index in [1.165, 1.54) is 12.5 Å². The molecular weight excluding hydrogens is 358 g/mol. The zero-order valence-electron chi connectivity index (χ0n) is 13.2. The van der Waals surface area contributed by atoms with Crippen molar-refractivity contribution in [2.24, 2.45) is 0 Å². The van der Waals surface area contributed by atoms with Crippen molar-refractivity contribution in [3.8, 4) is 0 Å². The van der Waals surface area contributed by atoms with Crippen LogP contribution in [0.5, 0.6) is 0 Å². The molecule has 23 heavy (non-hydrogen) atoms. The summed E-state index contributed by atoms with van der Waals surface area (Å²) in [6, 6.07) is 7.31. The van der Waals surface area contributed by atoms with Crippen molar-refractivity contribution in [2.75, 3.05) is 19.6 Å². The maximum Gasteiger partial charge on any atom is 0.222 e. The summed E-state index contributed by atoms with van der Waals surface area (Å²) in [7, 11) is 0. The van der Waals surface area contributed by atoms with Gasteiger partial charge in [-0.3, -0.25) is 9.59 Å². The van der Waals surface area contributed by atoms with Gasteiger partial charge < -0.3 is 16.0 Å². The molecule has 1 heterocycles. The van der Waals surface area contributed by atoms with Crippen molar-refractivity contribution in [1.29, 1.82) is 0 Å². The molecule has 5 nitrogen and oxygen atoms in total. The van der Waals surface area contributed by atoms with Crippen LogP contribution < -0.4 is 16.0 Å². The number of carbonyl (C=O) groups excluding carboxylic acids is 2. The number of hydrogen-bond donors (Lipinski definition) is 3. The van der Waals surface area contributed by atoms with E-state index in [4.69, 9.17) is 0 Å². The van der Waals surface area contributed by atoms with Gasteiger partial charge >= 0.3 is 0 Å². The van der Waals surface area contributed by atoms with Crippen LogP contribution in [-0.2, 0) is 9.59 Å². The SMILES string of the molecule is CC(=O)NC(CC(=O)NCC1=CCNCC1)c1ccc(Br)cc1. The van der Waals surface area contributed by atoms with Gasteiger partial charge in [0, 0.05) is 24.5 Å². The van der Waals surface area contributed by atoms with Crippen LogP contribution in [0.15, 0.2) is 40.4 Å². The van der Waals surface area contributed by atoms with Gasteiger partial charge in [0.25, 0.3) is 0 Å². The molecule has 1 aromatic carbocycles. The molecule has 0 bridgehead atoms. The first-order valence-corrected chi connectivity index (χ1v) is 8.52. The van der Waals surface area contributed by atoms with Crippen molar-refractivity contribution >= 4 is 27.7 Å². The first-order chi connectivity index (χ1) is 11.0. The molecule has 1 aliphatic rings. The summed E-state index contributed by atoms with van der Waals surface area (Å²) in [5, 5.41) is 9.03. The molecule has 1 aliphatic heterocycles. The lowest BCUT2D eigenvalue weighted by molar-refractivity contribution is -0.122. The van der Waals surface area contributed by atoms with Gasteiger partial charge in [0.05, 0.1) is 12.5 Å². The zero-order chi connectivity index (χ0) is 16.7. The Labute approximate surface area is 145 Å². The van der Waals surface area contributed by atoms with Gasteiger partial charge in [-0.2, -0.15) is 0 Å². The second-order valence-corrected chi connectivity index (χ2v) is 6.52. The molecule has 0 fully saturated rings. The van der Waals surface area contributed by atoms with Crippen LogP contribution in [0, 0.1) is 0 Å². The van der Waals surface area contributed by atoms with Gasteiger partial charge in [-0.05, 0) is 30.7 Å². The van der Waals surface area contributed by atoms with Crippen molar-refractivity contribution in [1.82, 2.24) is 16.0 Å². The monoisotopic (exact) mass is 379 g/mol. The van der Waals surface area contributed by atoms with Crippen LogP contribution in [0.2, 0.25) is 0 Å². The van der Waals surface area contributed by atoms with Gasteiger partial charge in [-0.25, -0.2) is 0 Å². The molecule has 2 rings (SSSR count). The molecule has 0 radical (unpaired) electrons. The number of carbonyl (C=O) groups is 2. The van der Waals surface area contributed by atoms with Crippen molar-refractivity contribution < 1.29 is 9.59 Å². The number of benzene rings is 1. The largest absolute Gasteiger partial charge is 0.352 e. The van der Waals surface area contributed by atoms with E-state index in [1.54, 1.807) is 0 Å². The van der Waals surface area contributed by atoms with Crippen LogP contribution >= 0.6 is 15.9 Å². The molecule has 1 atom stereocenters. The van der Waals surface area contributed by atoms with Crippen molar-refractivity contribution in [2.45, 2.75) is 25.8 Å². The predicted molar refractivity (Wildman–Crippen MR) is 93.9 cm³/mol. The van der Waals surface area contributed by atoms with Crippen LogP contribution in [-0.4, -0.2) is 31.4 Å². The number of rotatable bonds is 6. The molecule has 0 spiro atoms. The van der Waals surface area contributed by atoms with E-state index in [0.717, 1.165) is 29.5 Å². The second-order valence-electron chi connectivity index (χ2n) is 5.60. The molecule has 2 amide bonds. The van der Waals surface area contributed by atoms with E-state index >= 15 is 0 Å². The first-order valence-electron chi connectivity index (χ1n) is 7.72. The van der Waals surface area contributed by atoms with Gasteiger partial charge in [0.15, 0.2) is 0 Å². The molecule has 0 saturated heterocycles. The third-order valence-electron chi connectivity index (χ3n) is 3.71. The summed E-state index contributed by atoms with van der Waals surface area (Å²) < 4.78 is 0.963. The third kappa shape index (κ3) is 6.15. The quantitative estimate of drug-likeness (QED) is 0.662. The van der Waals surface area contributed by atoms with Gasteiger partial charge in [-0.1, -0.05) is 39.7 Å². The summed E-state index contributed by atoms with van der Waals surface area (Å²) in [6.07, 6.45) is 3.30. The Morgan fingerprint density at radius 2 is 2.04 bits per heavy atom. The molecule has 0 aromatic heterocycles. The fraction of sp³-hybridized carbons (Fsp3) is 0.412. The Balaban J connectivity index is 1.93. The molecule has 0 aliphatic carbocycles. The molecule has 3 N–H and O–H groups in total. The van der Waals surface area contributed by atoms with E-state index < -0.39 is 0 Å². The Morgan fingerprint density at radius 3 is 2.65 bits per heavy atom. The summed E-state index contributed by atoms with van der Waals surface area (Å²) in [4.78, 5) is 23.6. The summed E-state index contributed by atoms with van der Waals surface area (Å²) in [5.41, 5.74) is 2.16. The van der Waals surface area contributed by atoms with Crippen molar-refractivity contribution in [3.05, 3.63) is 46.0 Å². The van der Waals surface area contributed by atoms with E-state index in [0.29, 0.717) is 6.54 Å². The van der Waals surface area contributed by atoms with Crippen molar-refractivity contribution in [3.63, 3.8) is 0 Å². The highest BCUT2D eigenvalue weighted by Gasteiger charge is 2.17. The Hall–Kier alpha value is -1.66. The Bertz CT molecular complexity index is 584. The van der Waals surface area contributed by atoms with E-state index in [9.17, 15) is 9.59 Å². The highest BCUT2D eigenvalue weighted by atomic mass is 79.9. The molecule has 0 saturated carbocycles. The van der Waals surface area contributed by atoms with Gasteiger partial charge in [-0.15, -0.1) is 0 Å². The van der Waals surface area contributed by atoms with Gasteiger partial charge in [0.2, 0.25) is 11.8 Å². The smallest absolute Gasteiger partial charge is 0.222 e. The normalized spacial score (nSPS) is 15.5. The standard InChI is InChI=1S/C17H22BrN3O2/c1-12(22)21-16(14-2-4-15(18)5-3-14)10-17(23)20-11-13-6-8-19-9-7-13/h2-6,16,19H,7-11H2,1H3,(H,20,23)(H,21,22). The lowest BCUT2D eigenvalue weighted by Crippen LogP contribution is -2.34. The Morgan fingerprint density at radius 1 is 1.30 bits per heavy atom. The van der Waals surface area contributed by atoms with E-state index in [2.05, 4.69) is 38.0 Å². The maximum absolute atomic E-state index is 12.2. The highest BCUT2D eigenvalue weighted by molar-refractivity contribution is 9.10. The number of halogens is 1. The average Bonchev–Trinajstić information content (AvgIpc) is 2.53. The number of amides is 2. The molecular formula is C17H22BrN3O2. The predicted octanol–water partition coefficient (Wildman–Crippen LogP) is 2.05. The second kappa shape index (κ2) is 8.84. The lowest BCUT2D eigenvalue weighted by Gasteiger charge is -2.19. The van der Waals surface area contributed by atoms with Crippen LogP contribution in [0.4, 0.5) is 0 Å². The minimum absolute atomic E-state index is 0.0638. The number of nitrogens with one attached hydrogen (secondary N) is 3. The minimum atomic E-state index is -0.317. The topological polar surface area (TPSA) is 70.2 Å². The highest BCUT2D eigenvalue weighted by Crippen LogP contribution is 2.20. The first kappa shape index (κ1) is 17.7. The minimum Gasteiger partial charge on any atom is -0.352 e. The van der Waals surface area contributed by atoms with Crippen LogP contribution in [0.25, 0.3) is 0 Å². The summed E-state index contributed by atoms with van der Waals surface area (Å²) in [5.74, 6) is -0.210. The molecule has 6 heteroatoms. The zero-order valence-corrected chi connectivity index (χ0v) is 14.8. The fourth-order valence-electron chi connectivity index (χ4n) is 2.49. The third-order valence-corrected chi connectivity index (χ3v) is 4.24. The molecule has 1 aromatic rings. The Kier molecular flexibility index (Phi) is 6.80. The number of hydrogen-bond acceptors (Lipinski definition) is 3. The molecule has 124 valence electrons. The lowest BCUT2D eigenvalue weighted by atomic mass is 10.0. The van der Waals surface area contributed by atoms with E-state index in [-0.39, 0.29) is 24.3 Å². The maximum atomic E-state index is 12.2. The summed E-state index contributed by atoms with van der Waals surface area (Å²) in [6.45, 7) is 3.85. The van der Waals surface area contributed by atoms with Crippen LogP contribution in [0.3, 0.4) is 0 Å². The van der Waals surface area contributed by atoms with E-state index in [1.807, 2.05) is 24.3 Å². The fourth-order valence-corrected chi connectivity index (χ4v) is 2.76. The average molecular weight is 380 g/mol.